The molecular formula is C8H3N3OS2. The maximum absolute atomic E-state index is 11.6. The monoisotopic (exact) mass is 221 g/mol. The summed E-state index contributed by atoms with van der Waals surface area (Å²) in [6.07, 6.45) is 0. The van der Waals surface area contributed by atoms with Gasteiger partial charge >= 0.3 is 0 Å². The van der Waals surface area contributed by atoms with E-state index in [9.17, 15) is 4.21 Å². The van der Waals surface area contributed by atoms with Gasteiger partial charge in [0.25, 0.3) is 5.03 Å². The molecule has 0 spiro atoms. The first-order valence-corrected chi connectivity index (χ1v) is 5.32. The van der Waals surface area contributed by atoms with Crippen molar-refractivity contribution in [1.82, 2.24) is 0 Å². The molecule has 0 amide bonds. The number of allylic oxidation sites excluding steroid dienone is 2. The third kappa shape index (κ3) is 1.56. The summed E-state index contributed by atoms with van der Waals surface area (Å²) in [4.78, 5) is 6.74. The van der Waals surface area contributed by atoms with Gasteiger partial charge in [0, 0.05) is 4.91 Å². The first-order chi connectivity index (χ1) is 6.65. The Hall–Kier alpha value is -1.55. The molecule has 0 aromatic carbocycles. The van der Waals surface area contributed by atoms with Crippen LogP contribution in [0.15, 0.2) is 19.9 Å². The van der Waals surface area contributed by atoms with Crippen LogP contribution in [0.1, 0.15) is 6.92 Å². The Kier molecular flexibility index (Phi) is 3.09. The zero-order chi connectivity index (χ0) is 10.7. The van der Waals surface area contributed by atoms with E-state index in [1.165, 1.54) is 6.92 Å². The third-order valence-electron chi connectivity index (χ3n) is 1.46. The van der Waals surface area contributed by atoms with E-state index in [0.29, 0.717) is 4.91 Å². The quantitative estimate of drug-likeness (QED) is 0.589. The molecule has 0 saturated carbocycles. The summed E-state index contributed by atoms with van der Waals surface area (Å²) < 4.78 is 11.6. The lowest BCUT2D eigenvalue weighted by molar-refractivity contribution is 0.690. The molecule has 0 aromatic heterocycles. The highest BCUT2D eigenvalue weighted by Gasteiger charge is 2.26. The van der Waals surface area contributed by atoms with Gasteiger partial charge in [-0.2, -0.15) is 5.26 Å². The van der Waals surface area contributed by atoms with E-state index in [2.05, 4.69) is 9.69 Å². The first-order valence-electron chi connectivity index (χ1n) is 3.35. The molecule has 1 unspecified atom stereocenters. The molecule has 0 N–H and O–H groups in total. The van der Waals surface area contributed by atoms with Crippen LogP contribution in [0, 0.1) is 24.5 Å². The number of nitrogens with zero attached hydrogens (tertiary/aromatic N) is 3. The number of thioether (sulfide) groups is 1. The number of rotatable bonds is 0. The number of nitriles is 1. The Morgan fingerprint density at radius 3 is 2.57 bits per heavy atom. The van der Waals surface area contributed by atoms with Gasteiger partial charge in [0.05, 0.1) is 28.8 Å². The average molecular weight is 221 g/mol. The maximum Gasteiger partial charge on any atom is 0.269 e. The van der Waals surface area contributed by atoms with Gasteiger partial charge in [0.15, 0.2) is 0 Å². The molecule has 1 heterocycles. The maximum atomic E-state index is 11.6. The summed E-state index contributed by atoms with van der Waals surface area (Å²) >= 11 is 0.913. The van der Waals surface area contributed by atoms with Gasteiger partial charge in [-0.15, -0.1) is 11.8 Å². The Balaban J connectivity index is 3.34. The van der Waals surface area contributed by atoms with E-state index in [0.717, 1.165) is 11.8 Å². The normalized spacial score (nSPS) is 21.1. The molecule has 14 heavy (non-hydrogen) atoms. The molecule has 1 atom stereocenters. The second kappa shape index (κ2) is 4.11. The van der Waals surface area contributed by atoms with Crippen LogP contribution >= 0.6 is 11.8 Å². The van der Waals surface area contributed by atoms with Crippen molar-refractivity contribution in [3.05, 3.63) is 42.7 Å². The van der Waals surface area contributed by atoms with Gasteiger partial charge < -0.3 is 0 Å². The molecule has 0 aliphatic carbocycles. The first kappa shape index (κ1) is 10.5. The topological polar surface area (TPSA) is 49.6 Å². The average Bonchev–Trinajstić information content (AvgIpc) is 2.21. The molecule has 4 nitrogen and oxygen atoms in total. The molecule has 0 saturated heterocycles. The molecule has 0 bridgehead atoms. The minimum absolute atomic E-state index is 0.0421. The van der Waals surface area contributed by atoms with Crippen LogP contribution in [0.25, 0.3) is 9.69 Å². The fraction of sp³-hybridized carbons (Fsp3) is 0.125. The Labute approximate surface area is 88.0 Å². The van der Waals surface area contributed by atoms with Crippen molar-refractivity contribution < 1.29 is 4.21 Å². The van der Waals surface area contributed by atoms with Crippen LogP contribution in [-0.4, -0.2) is 4.21 Å². The molecule has 0 radical (unpaired) electrons. The molecule has 68 valence electrons. The van der Waals surface area contributed by atoms with Gasteiger partial charge in [-0.3, -0.25) is 4.21 Å². The smallest absolute Gasteiger partial charge is 0.263 e. The van der Waals surface area contributed by atoms with Crippen molar-refractivity contribution >= 4 is 22.6 Å². The SMILES string of the molecule is [C-]#[N+]C1=C([N+]#[C-])S(=O)C(C)=C(C#N)S1. The van der Waals surface area contributed by atoms with E-state index in [1.54, 1.807) is 0 Å². The highest BCUT2D eigenvalue weighted by molar-refractivity contribution is 8.10. The van der Waals surface area contributed by atoms with Crippen LogP contribution in [0.4, 0.5) is 0 Å². The summed E-state index contributed by atoms with van der Waals surface area (Å²) in [5.41, 5.74) is 0. The fourth-order valence-electron chi connectivity index (χ4n) is 0.782. The van der Waals surface area contributed by atoms with Crippen molar-refractivity contribution in [2.24, 2.45) is 0 Å². The lowest BCUT2D eigenvalue weighted by Gasteiger charge is -2.11. The van der Waals surface area contributed by atoms with E-state index < -0.39 is 10.8 Å². The summed E-state index contributed by atoms with van der Waals surface area (Å²) in [5, 5.41) is 8.66. The van der Waals surface area contributed by atoms with Gasteiger partial charge in [-0.1, -0.05) is 0 Å². The van der Waals surface area contributed by atoms with Crippen molar-refractivity contribution in [3.63, 3.8) is 0 Å². The number of hydrogen-bond donors (Lipinski definition) is 0. The molecule has 0 aromatic rings. The predicted octanol–water partition coefficient (Wildman–Crippen LogP) is 2.20. The highest BCUT2D eigenvalue weighted by Crippen LogP contribution is 2.39. The van der Waals surface area contributed by atoms with Crippen LogP contribution in [0.5, 0.6) is 0 Å². The lowest BCUT2D eigenvalue weighted by Crippen LogP contribution is -2.02. The second-order valence-electron chi connectivity index (χ2n) is 2.20. The minimum Gasteiger partial charge on any atom is -0.263 e. The Morgan fingerprint density at radius 1 is 1.50 bits per heavy atom. The van der Waals surface area contributed by atoms with E-state index in [1.807, 2.05) is 6.07 Å². The van der Waals surface area contributed by atoms with Crippen LogP contribution in [0.2, 0.25) is 0 Å². The Morgan fingerprint density at radius 2 is 2.14 bits per heavy atom. The summed E-state index contributed by atoms with van der Waals surface area (Å²) in [6.45, 7) is 15.1. The molecule has 1 rings (SSSR count). The van der Waals surface area contributed by atoms with Gasteiger partial charge in [0.1, 0.15) is 6.07 Å². The Bertz CT molecular complexity index is 496. The zero-order valence-electron chi connectivity index (χ0n) is 7.07. The zero-order valence-corrected chi connectivity index (χ0v) is 8.70. The number of hydrogen-bond acceptors (Lipinski definition) is 3. The van der Waals surface area contributed by atoms with Crippen molar-refractivity contribution in [1.29, 1.82) is 5.26 Å². The standard InChI is InChI=1S/C8H3N3OS2/c1-5-6(4-9)13-7(10-2)8(11-3)14(5)12/h1H3. The largest absolute Gasteiger partial charge is 0.269 e. The van der Waals surface area contributed by atoms with Crippen LogP contribution < -0.4 is 0 Å². The van der Waals surface area contributed by atoms with Gasteiger partial charge in [0.2, 0.25) is 5.03 Å². The predicted molar refractivity (Wildman–Crippen MR) is 54.3 cm³/mol. The summed E-state index contributed by atoms with van der Waals surface area (Å²) in [5.74, 6) is 0. The van der Waals surface area contributed by atoms with Crippen molar-refractivity contribution in [2.45, 2.75) is 6.92 Å². The molecular weight excluding hydrogens is 218 g/mol. The summed E-state index contributed by atoms with van der Waals surface area (Å²) in [7, 11) is -1.63. The van der Waals surface area contributed by atoms with Gasteiger partial charge in [-0.05, 0) is 6.92 Å². The van der Waals surface area contributed by atoms with E-state index >= 15 is 0 Å². The van der Waals surface area contributed by atoms with Crippen molar-refractivity contribution in [2.75, 3.05) is 0 Å². The second-order valence-corrected chi connectivity index (χ2v) is 4.74. The fourth-order valence-corrected chi connectivity index (χ4v) is 2.84. The van der Waals surface area contributed by atoms with Crippen LogP contribution in [0.3, 0.4) is 0 Å². The summed E-state index contributed by atoms with van der Waals surface area (Å²) in [6, 6.07) is 1.86. The highest BCUT2D eigenvalue weighted by atomic mass is 32.2. The van der Waals surface area contributed by atoms with Crippen LogP contribution in [-0.2, 0) is 10.8 Å². The molecule has 0 fully saturated rings. The van der Waals surface area contributed by atoms with E-state index in [4.69, 9.17) is 18.4 Å². The molecule has 6 heteroatoms. The third-order valence-corrected chi connectivity index (χ3v) is 4.19. The minimum atomic E-state index is -1.63. The van der Waals surface area contributed by atoms with Crippen molar-refractivity contribution in [3.8, 4) is 6.07 Å². The molecule has 1 aliphatic rings. The lowest BCUT2D eigenvalue weighted by atomic mass is 10.5. The molecule has 1 aliphatic heterocycles. The van der Waals surface area contributed by atoms with E-state index in [-0.39, 0.29) is 15.0 Å². The van der Waals surface area contributed by atoms with Gasteiger partial charge in [-0.25, -0.2) is 9.69 Å².